The first-order chi connectivity index (χ1) is 16.8. The van der Waals surface area contributed by atoms with Crippen LogP contribution in [-0.2, 0) is 21.7 Å². The number of carbonyl (C=O) groups is 3. The second-order valence-corrected chi connectivity index (χ2v) is 10.3. The molecule has 36 heavy (non-hydrogen) atoms. The van der Waals surface area contributed by atoms with E-state index < -0.39 is 35.0 Å². The van der Waals surface area contributed by atoms with E-state index in [4.69, 9.17) is 33.1 Å². The van der Waals surface area contributed by atoms with Crippen LogP contribution in [0.3, 0.4) is 0 Å². The standard InChI is InChI=1S/C24H28Cl2N4O6/c1-14(20(31)28-35)29-10-9-24(21(29)32,30(22(33)34)23(2,3)4)16-5-7-17(8-6-16)36-13-15-11-18(25)27-19(26)12-15/h5-8,11-12,14,35H,9-10,13H2,1-4H3,(H,28,31)(H,33,34). The topological polar surface area (TPSA) is 132 Å². The molecule has 2 unspecified atom stereocenters. The molecule has 0 aliphatic carbocycles. The first-order valence-electron chi connectivity index (χ1n) is 11.1. The van der Waals surface area contributed by atoms with E-state index in [1.165, 1.54) is 11.8 Å². The number of nitrogens with one attached hydrogen (secondary N) is 1. The lowest BCUT2D eigenvalue weighted by atomic mass is 9.83. The highest BCUT2D eigenvalue weighted by molar-refractivity contribution is 6.32. The number of ether oxygens (including phenoxy) is 1. The molecule has 3 amide bonds. The maximum atomic E-state index is 13.8. The number of benzene rings is 1. The second-order valence-electron chi connectivity index (χ2n) is 9.48. The van der Waals surface area contributed by atoms with Gasteiger partial charge in [0.2, 0.25) is 0 Å². The van der Waals surface area contributed by atoms with Crippen LogP contribution < -0.4 is 10.2 Å². The zero-order valence-corrected chi connectivity index (χ0v) is 21.8. The maximum absolute atomic E-state index is 13.8. The molecular weight excluding hydrogens is 511 g/mol. The van der Waals surface area contributed by atoms with Crippen molar-refractivity contribution >= 4 is 41.1 Å². The van der Waals surface area contributed by atoms with Gasteiger partial charge in [0.1, 0.15) is 28.7 Å². The summed E-state index contributed by atoms with van der Waals surface area (Å²) >= 11 is 11.9. The average molecular weight is 539 g/mol. The Kier molecular flexibility index (Phi) is 8.02. The molecule has 1 fully saturated rings. The van der Waals surface area contributed by atoms with E-state index in [1.807, 2.05) is 0 Å². The summed E-state index contributed by atoms with van der Waals surface area (Å²) in [5.41, 5.74) is 0.167. The lowest BCUT2D eigenvalue weighted by Gasteiger charge is -2.46. The molecule has 0 bridgehead atoms. The quantitative estimate of drug-likeness (QED) is 0.275. The number of carbonyl (C=O) groups excluding carboxylic acids is 2. The fraction of sp³-hybridized carbons (Fsp3) is 0.417. The second kappa shape index (κ2) is 10.5. The van der Waals surface area contributed by atoms with Crippen LogP contribution in [0.15, 0.2) is 36.4 Å². The number of hydrogen-bond acceptors (Lipinski definition) is 6. The normalized spacial score (nSPS) is 18.6. The maximum Gasteiger partial charge on any atom is 0.408 e. The number of rotatable bonds is 7. The molecule has 1 aromatic carbocycles. The number of aromatic nitrogens is 1. The average Bonchev–Trinajstić information content (AvgIpc) is 3.12. The monoisotopic (exact) mass is 538 g/mol. The summed E-state index contributed by atoms with van der Waals surface area (Å²) < 4.78 is 5.81. The lowest BCUT2D eigenvalue weighted by Crippen LogP contribution is -2.61. The summed E-state index contributed by atoms with van der Waals surface area (Å²) in [5, 5.41) is 19.7. The van der Waals surface area contributed by atoms with Crippen molar-refractivity contribution in [3.05, 3.63) is 57.8 Å². The first-order valence-corrected chi connectivity index (χ1v) is 11.9. The van der Waals surface area contributed by atoms with Gasteiger partial charge in [0.05, 0.1) is 0 Å². The molecule has 1 saturated heterocycles. The van der Waals surface area contributed by atoms with Crippen LogP contribution in [0.25, 0.3) is 0 Å². The Balaban J connectivity index is 1.97. The van der Waals surface area contributed by atoms with Crippen LogP contribution in [0.4, 0.5) is 4.79 Å². The molecule has 1 aliphatic heterocycles. The lowest BCUT2D eigenvalue weighted by molar-refractivity contribution is -0.148. The van der Waals surface area contributed by atoms with Crippen LogP contribution in [0.5, 0.6) is 5.75 Å². The van der Waals surface area contributed by atoms with E-state index >= 15 is 0 Å². The molecule has 10 nitrogen and oxygen atoms in total. The van der Waals surface area contributed by atoms with Crippen molar-refractivity contribution < 1.29 is 29.4 Å². The highest BCUT2D eigenvalue weighted by Crippen LogP contribution is 2.44. The van der Waals surface area contributed by atoms with Crippen molar-refractivity contribution in [1.29, 1.82) is 0 Å². The van der Waals surface area contributed by atoms with Gasteiger partial charge in [0.15, 0.2) is 5.54 Å². The fourth-order valence-electron chi connectivity index (χ4n) is 4.55. The zero-order chi connectivity index (χ0) is 26.8. The van der Waals surface area contributed by atoms with E-state index in [0.29, 0.717) is 16.9 Å². The van der Waals surface area contributed by atoms with Crippen molar-refractivity contribution in [2.45, 2.75) is 57.8 Å². The number of nitrogens with zero attached hydrogens (tertiary/aromatic N) is 3. The van der Waals surface area contributed by atoms with Gasteiger partial charge in [-0.25, -0.2) is 15.3 Å². The number of hydrogen-bond donors (Lipinski definition) is 3. The number of pyridine rings is 1. The summed E-state index contributed by atoms with van der Waals surface area (Å²) in [7, 11) is 0. The van der Waals surface area contributed by atoms with E-state index in [0.717, 1.165) is 4.90 Å². The molecule has 2 heterocycles. The van der Waals surface area contributed by atoms with Crippen LogP contribution in [0, 0.1) is 0 Å². The minimum absolute atomic E-state index is 0.118. The van der Waals surface area contributed by atoms with E-state index in [9.17, 15) is 19.5 Å². The molecule has 1 aliphatic rings. The van der Waals surface area contributed by atoms with Gasteiger partial charge in [-0.05, 0) is 63.1 Å². The van der Waals surface area contributed by atoms with E-state index in [2.05, 4.69) is 4.98 Å². The van der Waals surface area contributed by atoms with Crippen molar-refractivity contribution in [2.24, 2.45) is 0 Å². The Labute approximate surface area is 218 Å². The third-order valence-electron chi connectivity index (χ3n) is 6.09. The first kappa shape index (κ1) is 27.5. The van der Waals surface area contributed by atoms with Crippen molar-refractivity contribution in [2.75, 3.05) is 6.54 Å². The molecule has 3 N–H and O–H groups in total. The minimum atomic E-state index is -1.58. The Morgan fingerprint density at radius 3 is 2.31 bits per heavy atom. The Hall–Kier alpha value is -3.08. The molecule has 194 valence electrons. The van der Waals surface area contributed by atoms with Gasteiger partial charge >= 0.3 is 6.09 Å². The highest BCUT2D eigenvalue weighted by atomic mass is 35.5. The molecule has 2 aromatic rings. The van der Waals surface area contributed by atoms with E-state index in [-0.39, 0.29) is 29.9 Å². The van der Waals surface area contributed by atoms with Crippen molar-refractivity contribution in [3.63, 3.8) is 0 Å². The van der Waals surface area contributed by atoms with Crippen LogP contribution in [0.1, 0.15) is 45.2 Å². The van der Waals surface area contributed by atoms with Gasteiger partial charge < -0.3 is 14.7 Å². The van der Waals surface area contributed by atoms with Gasteiger partial charge in [-0.1, -0.05) is 35.3 Å². The largest absolute Gasteiger partial charge is 0.489 e. The molecule has 12 heteroatoms. The third-order valence-corrected chi connectivity index (χ3v) is 6.48. The summed E-state index contributed by atoms with van der Waals surface area (Å²) in [4.78, 5) is 44.7. The summed E-state index contributed by atoms with van der Waals surface area (Å²) in [6.07, 6.45) is -1.16. The van der Waals surface area contributed by atoms with E-state index in [1.54, 1.807) is 62.6 Å². The summed E-state index contributed by atoms with van der Waals surface area (Å²) in [6, 6.07) is 8.82. The SMILES string of the molecule is CC(C(=O)NO)N1CCC(c2ccc(OCc3cc(Cl)nc(Cl)c3)cc2)(N(C(=O)O)C(C)(C)C)C1=O. The number of halogens is 2. The number of amides is 3. The summed E-state index contributed by atoms with van der Waals surface area (Å²) in [6.45, 7) is 6.85. The van der Waals surface area contributed by atoms with Crippen LogP contribution in [-0.4, -0.2) is 61.1 Å². The molecule has 0 saturated carbocycles. The summed E-state index contributed by atoms with van der Waals surface area (Å²) in [5.74, 6) is -0.839. The molecule has 2 atom stereocenters. The zero-order valence-electron chi connectivity index (χ0n) is 20.3. The fourth-order valence-corrected chi connectivity index (χ4v) is 5.06. The number of hydroxylamine groups is 1. The Bertz CT molecular complexity index is 1130. The molecule has 1 aromatic heterocycles. The number of carboxylic acid groups (broad SMARTS) is 1. The Morgan fingerprint density at radius 2 is 1.81 bits per heavy atom. The molecular formula is C24H28Cl2N4O6. The van der Waals surface area contributed by atoms with Gasteiger partial charge in [0.25, 0.3) is 11.8 Å². The number of likely N-dealkylation sites (tertiary alicyclic amines) is 1. The van der Waals surface area contributed by atoms with Gasteiger partial charge in [0, 0.05) is 18.5 Å². The van der Waals surface area contributed by atoms with Crippen molar-refractivity contribution in [3.8, 4) is 5.75 Å². The van der Waals surface area contributed by atoms with Gasteiger partial charge in [-0.15, -0.1) is 0 Å². The van der Waals surface area contributed by atoms with Crippen LogP contribution in [0.2, 0.25) is 10.3 Å². The van der Waals surface area contributed by atoms with Crippen molar-refractivity contribution in [1.82, 2.24) is 20.3 Å². The molecule has 3 rings (SSSR count). The predicted molar refractivity (Wildman–Crippen MR) is 132 cm³/mol. The van der Waals surface area contributed by atoms with Gasteiger partial charge in [-0.3, -0.25) is 19.7 Å². The highest BCUT2D eigenvalue weighted by Gasteiger charge is 2.58. The van der Waals surface area contributed by atoms with Crippen LogP contribution >= 0.6 is 23.2 Å². The minimum Gasteiger partial charge on any atom is -0.489 e. The van der Waals surface area contributed by atoms with Gasteiger partial charge in [-0.2, -0.15) is 0 Å². The Morgan fingerprint density at radius 1 is 1.22 bits per heavy atom. The smallest absolute Gasteiger partial charge is 0.408 e. The third kappa shape index (κ3) is 5.35. The predicted octanol–water partition coefficient (Wildman–Crippen LogP) is 4.07. The molecule has 0 spiro atoms. The molecule has 0 radical (unpaired) electrons.